The van der Waals surface area contributed by atoms with Gasteiger partial charge in [-0.05, 0) is 38.0 Å². The van der Waals surface area contributed by atoms with E-state index in [0.717, 1.165) is 18.4 Å². The van der Waals surface area contributed by atoms with Gasteiger partial charge in [-0.3, -0.25) is 0 Å². The fourth-order valence-corrected chi connectivity index (χ4v) is 3.19. The molecule has 8 heteroatoms. The van der Waals surface area contributed by atoms with Gasteiger partial charge in [0.25, 0.3) is 0 Å². The third-order valence-electron chi connectivity index (χ3n) is 4.52. The van der Waals surface area contributed by atoms with E-state index in [4.69, 9.17) is 19.6 Å². The lowest BCUT2D eigenvalue weighted by molar-refractivity contribution is -0.139. The Labute approximate surface area is 168 Å². The average Bonchev–Trinajstić information content (AvgIpc) is 3.16. The molecule has 2 N–H and O–H groups in total. The summed E-state index contributed by atoms with van der Waals surface area (Å²) in [5.41, 5.74) is 7.77. The molecule has 1 aromatic carbocycles. The molecule has 0 saturated carbocycles. The minimum atomic E-state index is -0.680. The number of allylic oxidation sites excluding steroid dienone is 2. The van der Waals surface area contributed by atoms with E-state index in [1.54, 1.807) is 38.1 Å². The zero-order valence-electron chi connectivity index (χ0n) is 16.6. The van der Waals surface area contributed by atoms with Gasteiger partial charge < -0.3 is 19.6 Å². The molecule has 3 rings (SSSR count). The zero-order valence-corrected chi connectivity index (χ0v) is 16.6. The number of hydrogen-bond donors (Lipinski definition) is 1. The zero-order chi connectivity index (χ0) is 21.0. The number of carbonyl (C=O) groups excluding carboxylic acids is 1. The van der Waals surface area contributed by atoms with Crippen LogP contribution in [0.25, 0.3) is 11.5 Å². The minimum absolute atomic E-state index is 0.0202. The van der Waals surface area contributed by atoms with Gasteiger partial charge in [-0.2, -0.15) is 5.26 Å². The van der Waals surface area contributed by atoms with Gasteiger partial charge in [0.2, 0.25) is 17.7 Å². The molecule has 1 aliphatic heterocycles. The topological polar surface area (TPSA) is 124 Å². The van der Waals surface area contributed by atoms with Crippen LogP contribution in [0.1, 0.15) is 44.6 Å². The maximum atomic E-state index is 12.5. The Morgan fingerprint density at radius 2 is 2.00 bits per heavy atom. The molecule has 1 unspecified atom stereocenters. The van der Waals surface area contributed by atoms with Crippen LogP contribution in [0.15, 0.2) is 51.5 Å². The maximum absolute atomic E-state index is 12.5. The summed E-state index contributed by atoms with van der Waals surface area (Å²) in [7, 11) is 0. The first-order valence-corrected chi connectivity index (χ1v) is 9.38. The van der Waals surface area contributed by atoms with Crippen LogP contribution in [0.5, 0.6) is 0 Å². The number of nitriles is 1. The highest BCUT2D eigenvalue weighted by Crippen LogP contribution is 2.40. The lowest BCUT2D eigenvalue weighted by Gasteiger charge is -2.26. The lowest BCUT2D eigenvalue weighted by atomic mass is 9.83. The summed E-state index contributed by atoms with van der Waals surface area (Å²) in [5.74, 6) is 0.0745. The number of esters is 1. The first-order valence-electron chi connectivity index (χ1n) is 9.38. The second-order valence-electron chi connectivity index (χ2n) is 6.49. The number of nitrogens with two attached hydrogens (primary N) is 1. The van der Waals surface area contributed by atoms with E-state index < -0.39 is 11.9 Å². The van der Waals surface area contributed by atoms with E-state index in [0.29, 0.717) is 23.1 Å². The molecule has 0 bridgehead atoms. The number of hydrogen-bond acceptors (Lipinski definition) is 8. The summed E-state index contributed by atoms with van der Waals surface area (Å²) in [6, 6.07) is 9.26. The van der Waals surface area contributed by atoms with Crippen molar-refractivity contribution in [3.63, 3.8) is 0 Å². The predicted molar refractivity (Wildman–Crippen MR) is 104 cm³/mol. The van der Waals surface area contributed by atoms with E-state index in [1.807, 2.05) is 6.92 Å². The maximum Gasteiger partial charge on any atom is 0.338 e. The van der Waals surface area contributed by atoms with Crippen molar-refractivity contribution < 1.29 is 18.7 Å². The molecule has 1 aromatic heterocycles. The third-order valence-corrected chi connectivity index (χ3v) is 4.52. The Bertz CT molecular complexity index is 1010. The highest BCUT2D eigenvalue weighted by atomic mass is 16.5. The van der Waals surface area contributed by atoms with E-state index in [2.05, 4.69) is 16.3 Å². The van der Waals surface area contributed by atoms with Crippen LogP contribution in [0, 0.1) is 11.3 Å². The van der Waals surface area contributed by atoms with E-state index >= 15 is 0 Å². The van der Waals surface area contributed by atoms with Crippen LogP contribution < -0.4 is 5.73 Å². The molecular formula is C21H22N4O4. The van der Waals surface area contributed by atoms with Crippen molar-refractivity contribution in [2.45, 2.75) is 39.5 Å². The van der Waals surface area contributed by atoms with Crippen LogP contribution in [-0.4, -0.2) is 22.8 Å². The van der Waals surface area contributed by atoms with Crippen LogP contribution in [0.4, 0.5) is 0 Å². The van der Waals surface area contributed by atoms with Gasteiger partial charge in [0.15, 0.2) is 0 Å². The van der Waals surface area contributed by atoms with Crippen molar-refractivity contribution in [3.8, 4) is 17.5 Å². The van der Waals surface area contributed by atoms with Crippen LogP contribution in [0.2, 0.25) is 0 Å². The largest absolute Gasteiger partial charge is 0.463 e. The number of ether oxygens (including phenoxy) is 2. The summed E-state index contributed by atoms with van der Waals surface area (Å²) in [6.07, 6.45) is 1.63. The number of benzene rings is 1. The molecule has 2 aromatic rings. The van der Waals surface area contributed by atoms with Gasteiger partial charge in [0.1, 0.15) is 17.4 Å². The van der Waals surface area contributed by atoms with Crippen molar-refractivity contribution in [2.75, 3.05) is 6.61 Å². The quantitative estimate of drug-likeness (QED) is 0.740. The van der Waals surface area contributed by atoms with Crippen LogP contribution in [-0.2, 0) is 20.7 Å². The average molecular weight is 394 g/mol. The summed E-state index contributed by atoms with van der Waals surface area (Å²) in [6.45, 7) is 5.59. The molecule has 0 aliphatic carbocycles. The van der Waals surface area contributed by atoms with Gasteiger partial charge in [-0.1, -0.05) is 19.1 Å². The highest BCUT2D eigenvalue weighted by molar-refractivity contribution is 5.92. The summed E-state index contributed by atoms with van der Waals surface area (Å²) in [5, 5.41) is 17.7. The first kappa shape index (κ1) is 20.1. The molecule has 1 atom stereocenters. The normalized spacial score (nSPS) is 16.4. The first-order chi connectivity index (χ1) is 14.0. The van der Waals surface area contributed by atoms with Crippen molar-refractivity contribution in [2.24, 2.45) is 5.73 Å². The molecule has 150 valence electrons. The summed E-state index contributed by atoms with van der Waals surface area (Å²) >= 11 is 0. The molecule has 1 aliphatic rings. The number of nitrogens with zero attached hydrogens (tertiary/aromatic N) is 3. The molecule has 8 nitrogen and oxygen atoms in total. The van der Waals surface area contributed by atoms with Crippen molar-refractivity contribution in [1.29, 1.82) is 5.26 Å². The number of rotatable bonds is 6. The molecule has 29 heavy (non-hydrogen) atoms. The fraction of sp³-hybridized carbons (Fsp3) is 0.333. The van der Waals surface area contributed by atoms with Gasteiger partial charge in [-0.25, -0.2) is 4.79 Å². The SMILES string of the molecule is CCCc1nnc(-c2ccc(C3C(C#N)=C(N)OC(C)=C3C(=O)OCC)cc2)o1. The standard InChI is InChI=1S/C21H22N4O4/c1-4-6-16-24-25-20(29-16)14-9-7-13(8-10-14)18-15(11-22)19(23)28-12(3)17(18)21(26)27-5-2/h7-10,18H,4-6,23H2,1-3H3. The fourth-order valence-electron chi connectivity index (χ4n) is 3.19. The monoisotopic (exact) mass is 394 g/mol. The summed E-state index contributed by atoms with van der Waals surface area (Å²) in [4.78, 5) is 12.5. The Morgan fingerprint density at radius 3 is 2.62 bits per heavy atom. The van der Waals surface area contributed by atoms with Crippen molar-refractivity contribution >= 4 is 5.97 Å². The van der Waals surface area contributed by atoms with E-state index in [1.165, 1.54) is 0 Å². The number of carbonyl (C=O) groups is 1. The van der Waals surface area contributed by atoms with Crippen LogP contribution in [0.3, 0.4) is 0 Å². The highest BCUT2D eigenvalue weighted by Gasteiger charge is 2.36. The molecule has 0 fully saturated rings. The third kappa shape index (κ3) is 3.99. The van der Waals surface area contributed by atoms with Gasteiger partial charge in [-0.15, -0.1) is 10.2 Å². The number of aromatic nitrogens is 2. The Morgan fingerprint density at radius 1 is 1.28 bits per heavy atom. The van der Waals surface area contributed by atoms with E-state index in [9.17, 15) is 10.1 Å². The summed E-state index contributed by atoms with van der Waals surface area (Å²) < 4.78 is 16.2. The second-order valence-corrected chi connectivity index (χ2v) is 6.49. The second kappa shape index (κ2) is 8.61. The van der Waals surface area contributed by atoms with E-state index in [-0.39, 0.29) is 23.6 Å². The van der Waals surface area contributed by atoms with Crippen molar-refractivity contribution in [3.05, 3.63) is 58.5 Å². The van der Waals surface area contributed by atoms with Crippen LogP contribution >= 0.6 is 0 Å². The number of aryl methyl sites for hydroxylation is 1. The predicted octanol–water partition coefficient (Wildman–Crippen LogP) is 3.33. The molecule has 0 amide bonds. The van der Waals surface area contributed by atoms with Gasteiger partial charge in [0.05, 0.1) is 18.1 Å². The molecule has 0 saturated heterocycles. The molecule has 2 heterocycles. The molecular weight excluding hydrogens is 372 g/mol. The lowest BCUT2D eigenvalue weighted by Crippen LogP contribution is -2.25. The van der Waals surface area contributed by atoms with Gasteiger partial charge >= 0.3 is 5.97 Å². The smallest absolute Gasteiger partial charge is 0.338 e. The molecule has 0 radical (unpaired) electrons. The molecule has 0 spiro atoms. The van der Waals surface area contributed by atoms with Crippen molar-refractivity contribution in [1.82, 2.24) is 10.2 Å². The Hall–Kier alpha value is -3.60. The minimum Gasteiger partial charge on any atom is -0.463 e. The Balaban J connectivity index is 1.99. The van der Waals surface area contributed by atoms with Gasteiger partial charge in [0, 0.05) is 12.0 Å². The Kier molecular flexibility index (Phi) is 5.98.